The predicted octanol–water partition coefficient (Wildman–Crippen LogP) is 3.90. The third-order valence-electron chi connectivity index (χ3n) is 4.24. The number of aromatic nitrogens is 2. The number of thioether (sulfide) groups is 1. The highest BCUT2D eigenvalue weighted by molar-refractivity contribution is 8.01. The van der Waals surface area contributed by atoms with E-state index in [1.54, 1.807) is 48.0 Å². The summed E-state index contributed by atoms with van der Waals surface area (Å²) >= 11 is 2.92. The van der Waals surface area contributed by atoms with Gasteiger partial charge in [-0.3, -0.25) is 9.78 Å². The number of anilines is 1. The van der Waals surface area contributed by atoms with Crippen LogP contribution in [0.5, 0.6) is 0 Å². The van der Waals surface area contributed by atoms with E-state index in [0.717, 1.165) is 20.1 Å². The highest BCUT2D eigenvalue weighted by atomic mass is 32.2. The van der Waals surface area contributed by atoms with Gasteiger partial charge in [0.1, 0.15) is 0 Å². The SMILES string of the molecule is O=C(CSc1nc2ccccc2s1)Nc1ccc(S(=O)(=O)NCc2cccnc2)cc1. The molecule has 0 saturated carbocycles. The van der Waals surface area contributed by atoms with E-state index in [4.69, 9.17) is 0 Å². The molecule has 0 aliphatic rings. The molecule has 0 unspecified atom stereocenters. The molecule has 2 heterocycles. The summed E-state index contributed by atoms with van der Waals surface area (Å²) in [4.78, 5) is 20.8. The first-order chi connectivity index (χ1) is 15.0. The molecule has 2 aromatic carbocycles. The van der Waals surface area contributed by atoms with Crippen LogP contribution in [0.15, 0.2) is 82.3 Å². The normalized spacial score (nSPS) is 11.5. The number of nitrogens with zero attached hydrogens (tertiary/aromatic N) is 2. The quantitative estimate of drug-likeness (QED) is 0.379. The number of sulfonamides is 1. The van der Waals surface area contributed by atoms with Gasteiger partial charge in [-0.25, -0.2) is 18.1 Å². The molecule has 2 N–H and O–H groups in total. The fourth-order valence-electron chi connectivity index (χ4n) is 2.72. The molecule has 0 fully saturated rings. The summed E-state index contributed by atoms with van der Waals surface area (Å²) in [6.45, 7) is 0.150. The Hall–Kier alpha value is -2.79. The van der Waals surface area contributed by atoms with Crippen LogP contribution in [0.2, 0.25) is 0 Å². The van der Waals surface area contributed by atoms with Gasteiger partial charge in [-0.05, 0) is 48.0 Å². The zero-order valence-corrected chi connectivity index (χ0v) is 18.6. The molecule has 4 rings (SSSR count). The number of fused-ring (bicyclic) bond motifs is 1. The van der Waals surface area contributed by atoms with Crippen molar-refractivity contribution >= 4 is 54.9 Å². The molecule has 0 bridgehead atoms. The topological polar surface area (TPSA) is 101 Å². The Balaban J connectivity index is 1.31. The number of carbonyl (C=O) groups excluding carboxylic acids is 1. The van der Waals surface area contributed by atoms with Crippen molar-refractivity contribution in [2.24, 2.45) is 0 Å². The molecular weight excluding hydrogens is 452 g/mol. The summed E-state index contributed by atoms with van der Waals surface area (Å²) < 4.78 is 29.3. The second-order valence-electron chi connectivity index (χ2n) is 6.49. The van der Waals surface area contributed by atoms with E-state index < -0.39 is 10.0 Å². The molecule has 0 radical (unpaired) electrons. The van der Waals surface area contributed by atoms with Crippen molar-refractivity contribution < 1.29 is 13.2 Å². The number of hydrogen-bond acceptors (Lipinski definition) is 7. The second kappa shape index (κ2) is 9.56. The van der Waals surface area contributed by atoms with Gasteiger partial charge in [0.25, 0.3) is 0 Å². The first-order valence-electron chi connectivity index (χ1n) is 9.26. The smallest absolute Gasteiger partial charge is 0.240 e. The van der Waals surface area contributed by atoms with Gasteiger partial charge in [-0.1, -0.05) is 30.0 Å². The maximum absolute atomic E-state index is 12.4. The van der Waals surface area contributed by atoms with Gasteiger partial charge in [0.15, 0.2) is 4.34 Å². The number of thiazole rings is 1. The monoisotopic (exact) mass is 470 g/mol. The van der Waals surface area contributed by atoms with Crippen LogP contribution >= 0.6 is 23.1 Å². The Bertz CT molecular complexity index is 1260. The van der Waals surface area contributed by atoms with Crippen molar-refractivity contribution in [3.8, 4) is 0 Å². The number of hydrogen-bond donors (Lipinski definition) is 2. The van der Waals surface area contributed by atoms with E-state index >= 15 is 0 Å². The minimum atomic E-state index is -3.66. The Kier molecular flexibility index (Phi) is 6.62. The molecule has 0 saturated heterocycles. The summed E-state index contributed by atoms with van der Waals surface area (Å²) in [6, 6.07) is 17.4. The summed E-state index contributed by atoms with van der Waals surface area (Å²) in [6.07, 6.45) is 3.23. The third kappa shape index (κ3) is 5.67. The lowest BCUT2D eigenvalue weighted by molar-refractivity contribution is -0.113. The lowest BCUT2D eigenvalue weighted by Gasteiger charge is -2.08. The number of para-hydroxylation sites is 1. The fraction of sp³-hybridized carbons (Fsp3) is 0.0952. The second-order valence-corrected chi connectivity index (χ2v) is 10.5. The van der Waals surface area contributed by atoms with Crippen LogP contribution in [0.25, 0.3) is 10.2 Å². The molecule has 31 heavy (non-hydrogen) atoms. The maximum atomic E-state index is 12.4. The fourth-order valence-corrected chi connectivity index (χ4v) is 5.61. The van der Waals surface area contributed by atoms with Crippen LogP contribution in [-0.4, -0.2) is 30.0 Å². The van der Waals surface area contributed by atoms with E-state index in [1.807, 2.05) is 24.3 Å². The lowest BCUT2D eigenvalue weighted by Crippen LogP contribution is -2.23. The molecule has 1 amide bonds. The van der Waals surface area contributed by atoms with E-state index in [2.05, 4.69) is 20.0 Å². The number of amides is 1. The summed E-state index contributed by atoms with van der Waals surface area (Å²) in [5, 5.41) is 2.78. The van der Waals surface area contributed by atoms with Crippen molar-refractivity contribution in [2.75, 3.05) is 11.1 Å². The zero-order valence-electron chi connectivity index (χ0n) is 16.2. The molecule has 158 valence electrons. The van der Waals surface area contributed by atoms with Crippen molar-refractivity contribution in [1.82, 2.24) is 14.7 Å². The largest absolute Gasteiger partial charge is 0.325 e. The molecule has 7 nitrogen and oxygen atoms in total. The Morgan fingerprint density at radius 3 is 2.58 bits per heavy atom. The number of rotatable bonds is 8. The Labute approximate surface area is 188 Å². The van der Waals surface area contributed by atoms with Crippen molar-refractivity contribution in [3.05, 3.63) is 78.6 Å². The average molecular weight is 471 g/mol. The van der Waals surface area contributed by atoms with E-state index in [1.165, 1.54) is 23.9 Å². The van der Waals surface area contributed by atoms with Gasteiger partial charge in [-0.2, -0.15) is 0 Å². The van der Waals surface area contributed by atoms with E-state index in [0.29, 0.717) is 5.69 Å². The molecule has 0 aliphatic heterocycles. The summed E-state index contributed by atoms with van der Waals surface area (Å²) in [5.41, 5.74) is 2.21. The van der Waals surface area contributed by atoms with Crippen molar-refractivity contribution in [1.29, 1.82) is 0 Å². The predicted molar refractivity (Wildman–Crippen MR) is 124 cm³/mol. The van der Waals surface area contributed by atoms with Crippen LogP contribution in [0, 0.1) is 0 Å². The number of carbonyl (C=O) groups is 1. The molecule has 0 aliphatic carbocycles. The lowest BCUT2D eigenvalue weighted by atomic mass is 10.3. The van der Waals surface area contributed by atoms with Crippen molar-refractivity contribution in [3.63, 3.8) is 0 Å². The number of pyridine rings is 1. The summed E-state index contributed by atoms with van der Waals surface area (Å²) in [7, 11) is -3.66. The van der Waals surface area contributed by atoms with Gasteiger partial charge in [0.2, 0.25) is 15.9 Å². The minimum absolute atomic E-state index is 0.123. The molecule has 10 heteroatoms. The van der Waals surface area contributed by atoms with E-state index in [9.17, 15) is 13.2 Å². The average Bonchev–Trinajstić information content (AvgIpc) is 3.21. The minimum Gasteiger partial charge on any atom is -0.325 e. The van der Waals surface area contributed by atoms with Gasteiger partial charge in [0.05, 0.1) is 20.9 Å². The standard InChI is InChI=1S/C21H18N4O3S3/c26-20(14-29-21-25-18-5-1-2-6-19(18)30-21)24-16-7-9-17(10-8-16)31(27,28)23-13-15-4-3-11-22-12-15/h1-12,23H,13-14H2,(H,24,26). The highest BCUT2D eigenvalue weighted by Gasteiger charge is 2.14. The van der Waals surface area contributed by atoms with E-state index in [-0.39, 0.29) is 23.1 Å². The molecule has 2 aromatic heterocycles. The molecular formula is C21H18N4O3S3. The first-order valence-corrected chi connectivity index (χ1v) is 12.5. The first kappa shape index (κ1) is 21.4. The molecule has 0 spiro atoms. The molecule has 4 aromatic rings. The van der Waals surface area contributed by atoms with Crippen LogP contribution in [0.4, 0.5) is 5.69 Å². The number of nitrogens with one attached hydrogen (secondary N) is 2. The van der Waals surface area contributed by atoms with Gasteiger partial charge >= 0.3 is 0 Å². The van der Waals surface area contributed by atoms with Gasteiger partial charge in [-0.15, -0.1) is 11.3 Å². The highest BCUT2D eigenvalue weighted by Crippen LogP contribution is 2.29. The van der Waals surface area contributed by atoms with Crippen molar-refractivity contribution in [2.45, 2.75) is 15.8 Å². The maximum Gasteiger partial charge on any atom is 0.240 e. The van der Waals surface area contributed by atoms with Crippen LogP contribution < -0.4 is 10.0 Å². The number of benzene rings is 2. The Morgan fingerprint density at radius 1 is 1.03 bits per heavy atom. The third-order valence-corrected chi connectivity index (χ3v) is 7.83. The van der Waals surface area contributed by atoms with Crippen LogP contribution in [0.3, 0.4) is 0 Å². The van der Waals surface area contributed by atoms with Gasteiger partial charge in [0, 0.05) is 24.6 Å². The Morgan fingerprint density at radius 2 is 1.84 bits per heavy atom. The molecule has 0 atom stereocenters. The zero-order chi connectivity index (χ0) is 21.7. The van der Waals surface area contributed by atoms with Crippen LogP contribution in [0.1, 0.15) is 5.56 Å². The van der Waals surface area contributed by atoms with Gasteiger partial charge < -0.3 is 5.32 Å². The van der Waals surface area contributed by atoms with Crippen LogP contribution in [-0.2, 0) is 21.4 Å². The summed E-state index contributed by atoms with van der Waals surface area (Å²) in [5.74, 6) is 0.0292.